The quantitative estimate of drug-likeness (QED) is 0.486. The summed E-state index contributed by atoms with van der Waals surface area (Å²) in [5, 5.41) is 0. The Hall–Kier alpha value is 0.380. The summed E-state index contributed by atoms with van der Waals surface area (Å²) in [5.41, 5.74) is 0.210. The molecule has 0 nitrogen and oxygen atoms in total. The third-order valence-corrected chi connectivity index (χ3v) is 1.11. The van der Waals surface area contributed by atoms with Gasteiger partial charge >= 0.3 is 41.9 Å². The fraction of sp³-hybridized carbons (Fsp3) is 0.167. The summed E-state index contributed by atoms with van der Waals surface area (Å²) in [4.78, 5) is 0. The third kappa shape index (κ3) is 23.9. The molecule has 0 heterocycles. The zero-order valence-corrected chi connectivity index (χ0v) is 14.7. The summed E-state index contributed by atoms with van der Waals surface area (Å²) >= 11 is 1.74. The SMILES string of the molecule is C[Si](C)=[Zr+2].Cl.Cl.c1cc[cH-]c1.c1cc[cH-]c1. The van der Waals surface area contributed by atoms with Crippen LogP contribution in [0.5, 0.6) is 0 Å². The van der Waals surface area contributed by atoms with Crippen LogP contribution in [-0.4, -0.2) is 5.43 Å². The number of rotatable bonds is 0. The number of halogens is 2. The van der Waals surface area contributed by atoms with E-state index in [1.807, 2.05) is 60.7 Å². The van der Waals surface area contributed by atoms with Crippen molar-refractivity contribution in [2.24, 2.45) is 0 Å². The van der Waals surface area contributed by atoms with E-state index in [4.69, 9.17) is 0 Å². The molecule has 0 aromatic heterocycles. The topological polar surface area (TPSA) is 0 Å². The van der Waals surface area contributed by atoms with Gasteiger partial charge in [-0.2, -0.15) is 36.4 Å². The fourth-order valence-corrected chi connectivity index (χ4v) is 0.642. The van der Waals surface area contributed by atoms with Crippen LogP contribution in [0.1, 0.15) is 0 Å². The minimum Gasteiger partial charge on any atom is -0.214 e. The van der Waals surface area contributed by atoms with Crippen molar-refractivity contribution in [2.75, 3.05) is 0 Å². The monoisotopic (exact) mass is 350 g/mol. The van der Waals surface area contributed by atoms with E-state index in [1.165, 1.54) is 0 Å². The van der Waals surface area contributed by atoms with E-state index in [1.54, 1.807) is 23.3 Å². The van der Waals surface area contributed by atoms with Crippen LogP contribution in [0.3, 0.4) is 0 Å². The zero-order valence-electron chi connectivity index (χ0n) is 9.59. The molecule has 0 spiro atoms. The summed E-state index contributed by atoms with van der Waals surface area (Å²) < 4.78 is 0. The van der Waals surface area contributed by atoms with Crippen molar-refractivity contribution < 1.29 is 23.3 Å². The molecule has 0 aliphatic heterocycles. The summed E-state index contributed by atoms with van der Waals surface area (Å²) in [7, 11) is 0. The van der Waals surface area contributed by atoms with Crippen LogP contribution in [0, 0.1) is 0 Å². The first-order valence-electron chi connectivity index (χ1n) is 4.58. The molecule has 0 aliphatic carbocycles. The second-order valence-corrected chi connectivity index (χ2v) is 12.3. The van der Waals surface area contributed by atoms with Gasteiger partial charge in [0.25, 0.3) is 0 Å². The Kier molecular flexibility index (Phi) is 24.0. The molecule has 0 bridgehead atoms. The normalized spacial score (nSPS) is 6.75. The van der Waals surface area contributed by atoms with Crippen LogP contribution in [0.2, 0.25) is 13.1 Å². The van der Waals surface area contributed by atoms with Gasteiger partial charge in [0.1, 0.15) is 0 Å². The maximum atomic E-state index is 2.31. The van der Waals surface area contributed by atoms with E-state index < -0.39 is 0 Å². The molecule has 0 saturated carbocycles. The van der Waals surface area contributed by atoms with Crippen molar-refractivity contribution in [3.63, 3.8) is 0 Å². The maximum Gasteiger partial charge on any atom is -0.147 e. The first kappa shape index (κ1) is 21.6. The predicted molar refractivity (Wildman–Crippen MR) is 76.0 cm³/mol. The van der Waals surface area contributed by atoms with Gasteiger partial charge in [0.15, 0.2) is 0 Å². The Morgan fingerprint density at radius 1 is 0.750 bits per heavy atom. The molecule has 0 atom stereocenters. The molecule has 0 unspecified atom stereocenters. The molecule has 2 aromatic carbocycles. The molecule has 0 radical (unpaired) electrons. The zero-order chi connectivity index (χ0) is 10.6. The van der Waals surface area contributed by atoms with Gasteiger partial charge in [-0.3, -0.25) is 0 Å². The molecule has 4 heteroatoms. The van der Waals surface area contributed by atoms with E-state index in [0.29, 0.717) is 0 Å². The molecule has 0 aliphatic rings. The minimum absolute atomic E-state index is 0. The van der Waals surface area contributed by atoms with Gasteiger partial charge in [0.2, 0.25) is 0 Å². The predicted octanol–water partition coefficient (Wildman–Crippen LogP) is 4.44. The smallest absolute Gasteiger partial charge is 0.147 e. The van der Waals surface area contributed by atoms with Crippen molar-refractivity contribution in [1.29, 1.82) is 0 Å². The molecule has 0 fully saturated rings. The van der Waals surface area contributed by atoms with Gasteiger partial charge in [0.05, 0.1) is 0 Å². The van der Waals surface area contributed by atoms with Gasteiger partial charge in [-0.1, -0.05) is 0 Å². The van der Waals surface area contributed by atoms with Crippen LogP contribution in [0.25, 0.3) is 0 Å². The molecule has 2 aromatic rings. The summed E-state index contributed by atoms with van der Waals surface area (Å²) in [6, 6.07) is 20.0. The van der Waals surface area contributed by atoms with Crippen molar-refractivity contribution in [2.45, 2.75) is 13.1 Å². The molecule has 0 N–H and O–H groups in total. The maximum absolute atomic E-state index is 2.31. The van der Waals surface area contributed by atoms with E-state index in [0.717, 1.165) is 0 Å². The number of hydrogen-bond acceptors (Lipinski definition) is 0. The molecule has 0 amide bonds. The summed E-state index contributed by atoms with van der Waals surface area (Å²) in [6.07, 6.45) is 0. The van der Waals surface area contributed by atoms with Crippen molar-refractivity contribution in [3.05, 3.63) is 60.7 Å². The Labute approximate surface area is 126 Å². The van der Waals surface area contributed by atoms with E-state index in [2.05, 4.69) is 13.1 Å². The van der Waals surface area contributed by atoms with Crippen LogP contribution in [-0.2, 0) is 23.3 Å². The van der Waals surface area contributed by atoms with Gasteiger partial charge in [-0.25, -0.2) is 24.3 Å². The van der Waals surface area contributed by atoms with Gasteiger partial charge in [-0.05, 0) is 0 Å². The molecule has 0 saturated heterocycles. The largest absolute Gasteiger partial charge is 0.214 e. The van der Waals surface area contributed by atoms with E-state index in [9.17, 15) is 0 Å². The van der Waals surface area contributed by atoms with Gasteiger partial charge in [-0.15, -0.1) is 24.8 Å². The molecular weight excluding hydrogens is 334 g/mol. The Bertz CT molecular complexity index is 226. The second kappa shape index (κ2) is 17.8. The first-order valence-corrected chi connectivity index (χ1v) is 10.8. The summed E-state index contributed by atoms with van der Waals surface area (Å²) in [6.45, 7) is 4.62. The summed E-state index contributed by atoms with van der Waals surface area (Å²) in [5.74, 6) is 0. The second-order valence-electron chi connectivity index (χ2n) is 2.92. The fourth-order valence-electron chi connectivity index (χ4n) is 0.642. The average molecular weight is 352 g/mol. The standard InChI is InChI=1S/2C5H5.C2H6Si.2ClH.Zr/c2*1-2-4-5-3-1;1-3-2;;;/h2*1-5H;1-2H3;2*1H;/q2*-1;;;;+2. The molecular formula is C12H18Cl2SiZr. The van der Waals surface area contributed by atoms with E-state index in [-0.39, 0.29) is 30.2 Å². The molecule has 2 rings (SSSR count). The van der Waals surface area contributed by atoms with Crippen LogP contribution >= 0.6 is 24.8 Å². The van der Waals surface area contributed by atoms with Crippen LogP contribution in [0.4, 0.5) is 0 Å². The molecule has 16 heavy (non-hydrogen) atoms. The van der Waals surface area contributed by atoms with Crippen LogP contribution in [0.15, 0.2) is 60.7 Å². The number of hydrogen-bond donors (Lipinski definition) is 0. The first-order chi connectivity index (χ1) is 6.73. The van der Waals surface area contributed by atoms with Crippen LogP contribution < -0.4 is 0 Å². The third-order valence-electron chi connectivity index (χ3n) is 1.11. The Morgan fingerprint density at radius 3 is 1.00 bits per heavy atom. The minimum atomic E-state index is 0. The van der Waals surface area contributed by atoms with E-state index >= 15 is 0 Å². The Balaban J connectivity index is -0.000000151. The average Bonchev–Trinajstić information content (AvgIpc) is 2.83. The molecule has 88 valence electrons. The Morgan fingerprint density at radius 2 is 0.938 bits per heavy atom. The van der Waals surface area contributed by atoms with Crippen molar-refractivity contribution in [3.8, 4) is 0 Å². The van der Waals surface area contributed by atoms with Gasteiger partial charge < -0.3 is 0 Å². The van der Waals surface area contributed by atoms with Crippen molar-refractivity contribution >= 4 is 30.2 Å². The van der Waals surface area contributed by atoms with Crippen molar-refractivity contribution in [1.82, 2.24) is 0 Å². The van der Waals surface area contributed by atoms with Gasteiger partial charge in [0, 0.05) is 0 Å².